The second-order valence-electron chi connectivity index (χ2n) is 4.28. The van der Waals surface area contributed by atoms with Crippen LogP contribution < -0.4 is 5.56 Å². The van der Waals surface area contributed by atoms with E-state index in [4.69, 9.17) is 14.4 Å². The minimum atomic E-state index is -0.454. The normalized spacial score (nSPS) is 21.1. The first-order valence-corrected chi connectivity index (χ1v) is 5.78. The molecule has 0 amide bonds. The van der Waals surface area contributed by atoms with Crippen LogP contribution in [0.5, 0.6) is 0 Å². The number of aryl methyl sites for hydroxylation is 1. The van der Waals surface area contributed by atoms with Crippen molar-refractivity contribution < 1.29 is 19.2 Å². The van der Waals surface area contributed by atoms with Crippen LogP contribution in [0.3, 0.4) is 0 Å². The van der Waals surface area contributed by atoms with Gasteiger partial charge in [-0.2, -0.15) is 0 Å². The number of ether oxygens (including phenoxy) is 1. The van der Waals surface area contributed by atoms with Gasteiger partial charge in [-0.25, -0.2) is 0 Å². The molecule has 2 heterocycles. The van der Waals surface area contributed by atoms with E-state index in [-0.39, 0.29) is 19.3 Å². The quantitative estimate of drug-likeness (QED) is 0.753. The lowest BCUT2D eigenvalue weighted by Gasteiger charge is -2.31. The molecule has 1 aromatic rings. The van der Waals surface area contributed by atoms with Gasteiger partial charge in [-0.15, -0.1) is 4.74 Å². The summed E-state index contributed by atoms with van der Waals surface area (Å²) in [4.78, 5) is 25.1. The van der Waals surface area contributed by atoms with Crippen molar-refractivity contribution in [3.8, 4) is 0 Å². The van der Waals surface area contributed by atoms with Crippen LogP contribution in [-0.2, 0) is 4.74 Å². The first-order chi connectivity index (χ1) is 8.60. The zero-order chi connectivity index (χ0) is 13.1. The summed E-state index contributed by atoms with van der Waals surface area (Å²) in [7, 11) is 0. The molecule has 1 aliphatic heterocycles. The van der Waals surface area contributed by atoms with Crippen LogP contribution in [0.4, 0.5) is 0 Å². The third-order valence-corrected chi connectivity index (χ3v) is 2.77. The fourth-order valence-corrected chi connectivity index (χ4v) is 1.91. The summed E-state index contributed by atoms with van der Waals surface area (Å²) in [5.74, 6) is -0.00440. The molecule has 0 aromatic carbocycles. The van der Waals surface area contributed by atoms with Crippen LogP contribution in [0.25, 0.3) is 0 Å². The monoisotopic (exact) mass is 256 g/mol. The lowest BCUT2D eigenvalue weighted by Crippen LogP contribution is -2.47. The first-order valence-electron chi connectivity index (χ1n) is 5.78. The van der Waals surface area contributed by atoms with Crippen LogP contribution in [0.15, 0.2) is 15.4 Å². The molecule has 2 rings (SSSR count). The van der Waals surface area contributed by atoms with Crippen LogP contribution in [-0.4, -0.2) is 59.6 Å². The molecule has 100 valence electrons. The fourth-order valence-electron chi connectivity index (χ4n) is 1.91. The van der Waals surface area contributed by atoms with Gasteiger partial charge in [0.1, 0.15) is 5.76 Å². The average molecular weight is 256 g/mol. The van der Waals surface area contributed by atoms with Gasteiger partial charge in [-0.1, -0.05) is 0 Å². The number of hydrogen-bond donors (Lipinski definition) is 1. The highest BCUT2D eigenvalue weighted by Crippen LogP contribution is 2.04. The average Bonchev–Trinajstić information content (AvgIpc) is 2.69. The molecule has 0 saturated carbocycles. The van der Waals surface area contributed by atoms with Gasteiger partial charge in [0.15, 0.2) is 0 Å². The smallest absolute Gasteiger partial charge is 0.290 e. The predicted molar refractivity (Wildman–Crippen MR) is 61.6 cm³/mol. The Morgan fingerprint density at radius 3 is 3.00 bits per heavy atom. The van der Waals surface area contributed by atoms with Gasteiger partial charge in [-0.05, 0) is 6.92 Å². The molecule has 1 N–H and O–H groups in total. The molecule has 1 unspecified atom stereocenters. The lowest BCUT2D eigenvalue weighted by molar-refractivity contribution is -0.0514. The third-order valence-electron chi connectivity index (χ3n) is 2.77. The summed E-state index contributed by atoms with van der Waals surface area (Å²) < 4.78 is 11.1. The predicted octanol–water partition coefficient (Wildman–Crippen LogP) is -0.917. The molecule has 0 spiro atoms. The Labute approximate surface area is 104 Å². The van der Waals surface area contributed by atoms with Crippen LogP contribution in [0.1, 0.15) is 10.6 Å². The summed E-state index contributed by atoms with van der Waals surface area (Å²) in [6.45, 7) is 3.14. The summed E-state index contributed by atoms with van der Waals surface area (Å²) in [6, 6.07) is 1.27. The molecular weight excluding hydrogens is 240 g/mol. The summed E-state index contributed by atoms with van der Waals surface area (Å²) in [6.07, 6.45) is -0.276. The SMILES string of the molecule is Cc1cc(=O)n(C(=O)CN2CCOC(CO)C2)o1. The molecule has 7 heteroatoms. The number of hydrogen-bond acceptors (Lipinski definition) is 6. The van der Waals surface area contributed by atoms with Gasteiger partial charge in [0.05, 0.1) is 25.9 Å². The topological polar surface area (TPSA) is 84.9 Å². The Kier molecular flexibility index (Phi) is 3.95. The molecule has 0 radical (unpaired) electrons. The van der Waals surface area contributed by atoms with Gasteiger partial charge >= 0.3 is 0 Å². The number of morpholine rings is 1. The van der Waals surface area contributed by atoms with Crippen molar-refractivity contribution in [3.05, 3.63) is 22.2 Å². The van der Waals surface area contributed by atoms with Gasteiger partial charge in [0, 0.05) is 19.2 Å². The van der Waals surface area contributed by atoms with Crippen LogP contribution in [0, 0.1) is 6.92 Å². The van der Waals surface area contributed by atoms with Crippen molar-refractivity contribution in [2.75, 3.05) is 32.8 Å². The van der Waals surface area contributed by atoms with Crippen molar-refractivity contribution in [3.63, 3.8) is 0 Å². The maximum absolute atomic E-state index is 11.9. The largest absolute Gasteiger partial charge is 0.394 e. The van der Waals surface area contributed by atoms with E-state index >= 15 is 0 Å². The zero-order valence-electron chi connectivity index (χ0n) is 10.2. The van der Waals surface area contributed by atoms with Gasteiger partial charge < -0.3 is 14.4 Å². The Morgan fingerprint density at radius 2 is 2.39 bits per heavy atom. The van der Waals surface area contributed by atoms with E-state index in [1.54, 1.807) is 6.92 Å². The van der Waals surface area contributed by atoms with Crippen molar-refractivity contribution in [2.45, 2.75) is 13.0 Å². The molecule has 1 atom stereocenters. The Morgan fingerprint density at radius 1 is 1.61 bits per heavy atom. The zero-order valence-corrected chi connectivity index (χ0v) is 10.2. The molecule has 0 aliphatic carbocycles. The van der Waals surface area contributed by atoms with Gasteiger partial charge in [0.25, 0.3) is 11.5 Å². The molecular formula is C11H16N2O5. The molecule has 1 aliphatic rings. The molecule has 7 nitrogen and oxygen atoms in total. The first kappa shape index (κ1) is 13.0. The maximum atomic E-state index is 11.9. The number of aromatic nitrogens is 1. The van der Waals surface area contributed by atoms with Crippen LogP contribution in [0.2, 0.25) is 0 Å². The minimum absolute atomic E-state index is 0.0761. The lowest BCUT2D eigenvalue weighted by atomic mass is 10.3. The second kappa shape index (κ2) is 5.47. The number of rotatable bonds is 3. The van der Waals surface area contributed by atoms with Crippen molar-refractivity contribution in [1.29, 1.82) is 0 Å². The Balaban J connectivity index is 1.99. The molecule has 1 saturated heterocycles. The number of carbonyl (C=O) groups excluding carboxylic acids is 1. The number of carbonyl (C=O) groups is 1. The molecule has 18 heavy (non-hydrogen) atoms. The highest BCUT2D eigenvalue weighted by molar-refractivity contribution is 5.79. The summed E-state index contributed by atoms with van der Waals surface area (Å²) >= 11 is 0. The maximum Gasteiger partial charge on any atom is 0.290 e. The highest BCUT2D eigenvalue weighted by Gasteiger charge is 2.23. The van der Waals surface area contributed by atoms with E-state index in [1.807, 2.05) is 4.90 Å². The van der Waals surface area contributed by atoms with E-state index < -0.39 is 11.5 Å². The van der Waals surface area contributed by atoms with E-state index in [9.17, 15) is 9.59 Å². The van der Waals surface area contributed by atoms with E-state index in [0.717, 1.165) is 4.74 Å². The van der Waals surface area contributed by atoms with Crippen molar-refractivity contribution in [1.82, 2.24) is 9.64 Å². The van der Waals surface area contributed by atoms with Gasteiger partial charge in [-0.3, -0.25) is 14.5 Å². The molecule has 1 fully saturated rings. The Bertz CT molecular complexity index is 478. The second-order valence-corrected chi connectivity index (χ2v) is 4.28. The Hall–Kier alpha value is -1.44. The number of aliphatic hydroxyl groups is 1. The van der Waals surface area contributed by atoms with E-state index in [0.29, 0.717) is 25.5 Å². The number of aliphatic hydroxyl groups excluding tert-OH is 1. The van der Waals surface area contributed by atoms with E-state index in [2.05, 4.69) is 0 Å². The summed E-state index contributed by atoms with van der Waals surface area (Å²) in [5, 5.41) is 9.00. The molecule has 0 bridgehead atoms. The van der Waals surface area contributed by atoms with Crippen molar-refractivity contribution >= 4 is 5.91 Å². The van der Waals surface area contributed by atoms with E-state index in [1.165, 1.54) is 6.07 Å². The third kappa shape index (κ3) is 2.87. The van der Waals surface area contributed by atoms with Crippen molar-refractivity contribution in [2.24, 2.45) is 0 Å². The fraction of sp³-hybridized carbons (Fsp3) is 0.636. The molecule has 1 aromatic heterocycles. The van der Waals surface area contributed by atoms with Gasteiger partial charge in [0.2, 0.25) is 0 Å². The standard InChI is InChI=1S/C11H16N2O5/c1-8-4-10(15)13(18-8)11(16)6-12-2-3-17-9(5-12)7-14/h4,9,14H,2-3,5-7H2,1H3. The highest BCUT2D eigenvalue weighted by atomic mass is 16.5. The number of nitrogens with zero attached hydrogens (tertiary/aromatic N) is 2. The van der Waals surface area contributed by atoms with Crippen LogP contribution >= 0.6 is 0 Å². The summed E-state index contributed by atoms with van der Waals surface area (Å²) in [5.41, 5.74) is -0.454. The minimum Gasteiger partial charge on any atom is -0.394 e.